The molecule has 8 heteroatoms. The number of carboxylic acids is 1. The highest BCUT2D eigenvalue weighted by atomic mass is 16.5. The third-order valence-electron chi connectivity index (χ3n) is 1.98. The molecule has 0 fully saturated rings. The molecule has 1 unspecified atom stereocenters. The van der Waals surface area contributed by atoms with Gasteiger partial charge < -0.3 is 19.9 Å². The second kappa shape index (κ2) is 6.50. The fourth-order valence-corrected chi connectivity index (χ4v) is 1.16. The smallest absolute Gasteiger partial charge is 0.358 e. The first kappa shape index (κ1) is 13.8. The Morgan fingerprint density at radius 1 is 1.44 bits per heavy atom. The average Bonchev–Trinajstić information content (AvgIpc) is 2.37. The van der Waals surface area contributed by atoms with Gasteiger partial charge in [-0.05, 0) is 0 Å². The van der Waals surface area contributed by atoms with Crippen molar-refractivity contribution in [1.82, 2.24) is 9.97 Å². The monoisotopic (exact) mass is 255 g/mol. The van der Waals surface area contributed by atoms with E-state index >= 15 is 0 Å². The number of rotatable bonds is 6. The van der Waals surface area contributed by atoms with E-state index in [0.717, 1.165) is 0 Å². The average molecular weight is 255 g/mol. The van der Waals surface area contributed by atoms with Crippen LogP contribution in [0.4, 0.5) is 5.82 Å². The number of carbonyl (C=O) groups is 2. The van der Waals surface area contributed by atoms with Gasteiger partial charge in [0.25, 0.3) is 0 Å². The molecule has 0 aliphatic heterocycles. The largest absolute Gasteiger partial charge is 0.480 e. The fraction of sp³-hybridized carbons (Fsp3) is 0.400. The van der Waals surface area contributed by atoms with Crippen molar-refractivity contribution in [3.05, 3.63) is 18.1 Å². The van der Waals surface area contributed by atoms with Gasteiger partial charge >= 0.3 is 11.9 Å². The van der Waals surface area contributed by atoms with Crippen molar-refractivity contribution in [3.63, 3.8) is 0 Å². The maximum absolute atomic E-state index is 11.2. The Bertz CT molecular complexity index is 437. The van der Waals surface area contributed by atoms with Crippen LogP contribution in [0.3, 0.4) is 0 Å². The van der Waals surface area contributed by atoms with E-state index in [9.17, 15) is 9.59 Å². The predicted octanol–water partition coefficient (Wildman–Crippen LogP) is -0.225. The van der Waals surface area contributed by atoms with Crippen molar-refractivity contribution in [1.29, 1.82) is 0 Å². The van der Waals surface area contributed by atoms with Crippen LogP contribution < -0.4 is 5.32 Å². The first-order valence-corrected chi connectivity index (χ1v) is 4.97. The van der Waals surface area contributed by atoms with Gasteiger partial charge in [0.15, 0.2) is 5.69 Å². The molecule has 0 aromatic carbocycles. The summed E-state index contributed by atoms with van der Waals surface area (Å²) in [6.07, 6.45) is 2.53. The summed E-state index contributed by atoms with van der Waals surface area (Å²) in [6, 6.07) is -0.975. The van der Waals surface area contributed by atoms with Crippen LogP contribution in [0.2, 0.25) is 0 Å². The van der Waals surface area contributed by atoms with E-state index in [1.807, 2.05) is 0 Å². The highest BCUT2D eigenvalue weighted by Gasteiger charge is 2.18. The summed E-state index contributed by atoms with van der Waals surface area (Å²) in [4.78, 5) is 29.8. The molecule has 1 heterocycles. The molecule has 1 rings (SSSR count). The van der Waals surface area contributed by atoms with Gasteiger partial charge in [-0.1, -0.05) is 0 Å². The third kappa shape index (κ3) is 3.67. The normalized spacial score (nSPS) is 11.7. The summed E-state index contributed by atoms with van der Waals surface area (Å²) in [5.41, 5.74) is -0.0101. The fourth-order valence-electron chi connectivity index (χ4n) is 1.16. The lowest BCUT2D eigenvalue weighted by Gasteiger charge is -2.13. The van der Waals surface area contributed by atoms with Crippen LogP contribution in [0.5, 0.6) is 0 Å². The topological polar surface area (TPSA) is 111 Å². The lowest BCUT2D eigenvalue weighted by atomic mass is 10.3. The van der Waals surface area contributed by atoms with Gasteiger partial charge in [-0.25, -0.2) is 14.6 Å². The molecule has 0 aliphatic rings. The third-order valence-corrected chi connectivity index (χ3v) is 1.98. The number of methoxy groups -OCH3 is 2. The van der Waals surface area contributed by atoms with Gasteiger partial charge in [0.05, 0.1) is 26.1 Å². The van der Waals surface area contributed by atoms with Gasteiger partial charge in [0.2, 0.25) is 0 Å². The number of aromatic nitrogens is 2. The number of nitrogens with one attached hydrogen (secondary N) is 1. The molecule has 18 heavy (non-hydrogen) atoms. The Balaban J connectivity index is 2.83. The number of nitrogens with zero attached hydrogens (tertiary/aromatic N) is 2. The Hall–Kier alpha value is -2.22. The molecule has 0 saturated carbocycles. The molecule has 98 valence electrons. The number of carboxylic acid groups (broad SMARTS) is 1. The SMILES string of the molecule is COCC(Nc1cncc(C(=O)OC)n1)C(=O)O. The molecule has 1 aromatic rings. The maximum Gasteiger partial charge on any atom is 0.358 e. The number of ether oxygens (including phenoxy) is 2. The van der Waals surface area contributed by atoms with Gasteiger partial charge in [-0.3, -0.25) is 4.98 Å². The second-order valence-electron chi connectivity index (χ2n) is 3.27. The predicted molar refractivity (Wildman–Crippen MR) is 60.3 cm³/mol. The summed E-state index contributed by atoms with van der Waals surface area (Å²) in [7, 11) is 2.60. The number of anilines is 1. The van der Waals surface area contributed by atoms with Crippen molar-refractivity contribution < 1.29 is 24.2 Å². The molecule has 0 amide bonds. The zero-order valence-electron chi connectivity index (χ0n) is 9.91. The van der Waals surface area contributed by atoms with Gasteiger partial charge in [-0.2, -0.15) is 0 Å². The van der Waals surface area contributed by atoms with Gasteiger partial charge in [0.1, 0.15) is 11.9 Å². The van der Waals surface area contributed by atoms with E-state index in [1.165, 1.54) is 26.6 Å². The highest BCUT2D eigenvalue weighted by Crippen LogP contribution is 2.05. The first-order valence-electron chi connectivity index (χ1n) is 4.97. The summed E-state index contributed by atoms with van der Waals surface area (Å²) < 4.78 is 9.23. The molecule has 2 N–H and O–H groups in total. The summed E-state index contributed by atoms with van der Waals surface area (Å²) in [5.74, 6) is -1.59. The van der Waals surface area contributed by atoms with E-state index in [0.29, 0.717) is 0 Å². The minimum atomic E-state index is -1.10. The minimum Gasteiger partial charge on any atom is -0.480 e. The number of carbonyl (C=O) groups excluding carboxylic acids is 1. The number of hydrogen-bond donors (Lipinski definition) is 2. The Labute approximate surface area is 103 Å². The van der Waals surface area contributed by atoms with Crippen LogP contribution >= 0.6 is 0 Å². The molecule has 0 bridgehead atoms. The molecule has 1 atom stereocenters. The Kier molecular flexibility index (Phi) is 5.00. The molecule has 0 radical (unpaired) electrons. The van der Waals surface area contributed by atoms with E-state index in [4.69, 9.17) is 9.84 Å². The maximum atomic E-state index is 11.2. The van der Waals surface area contributed by atoms with Crippen LogP contribution in [0.15, 0.2) is 12.4 Å². The van der Waals surface area contributed by atoms with Gasteiger partial charge in [0, 0.05) is 7.11 Å². The first-order chi connectivity index (χ1) is 8.58. The molecule has 8 nitrogen and oxygen atoms in total. The number of esters is 1. The Morgan fingerprint density at radius 3 is 2.72 bits per heavy atom. The molecule has 0 saturated heterocycles. The minimum absolute atomic E-state index is 0.0101. The van der Waals surface area contributed by atoms with Crippen LogP contribution in [0.1, 0.15) is 10.5 Å². The second-order valence-corrected chi connectivity index (χ2v) is 3.27. The zero-order valence-corrected chi connectivity index (χ0v) is 9.91. The zero-order chi connectivity index (χ0) is 13.5. The summed E-state index contributed by atoms with van der Waals surface area (Å²) >= 11 is 0. The van der Waals surface area contributed by atoms with Crippen LogP contribution in [-0.4, -0.2) is 53.9 Å². The van der Waals surface area contributed by atoms with Crippen LogP contribution in [-0.2, 0) is 14.3 Å². The lowest BCUT2D eigenvalue weighted by Crippen LogP contribution is -2.34. The molecule has 0 aliphatic carbocycles. The quantitative estimate of drug-likeness (QED) is 0.671. The van der Waals surface area contributed by atoms with E-state index in [2.05, 4.69) is 20.0 Å². The van der Waals surface area contributed by atoms with E-state index < -0.39 is 18.0 Å². The Morgan fingerprint density at radius 2 is 2.17 bits per heavy atom. The standard InChI is InChI=1S/C10H13N3O5/c1-17-5-7(9(14)15)13-8-4-11-3-6(12-8)10(16)18-2/h3-4,7H,5H2,1-2H3,(H,12,13)(H,14,15). The van der Waals surface area contributed by atoms with E-state index in [1.54, 1.807) is 0 Å². The van der Waals surface area contributed by atoms with Crippen molar-refractivity contribution in [3.8, 4) is 0 Å². The molecular formula is C10H13N3O5. The van der Waals surface area contributed by atoms with Crippen LogP contribution in [0.25, 0.3) is 0 Å². The van der Waals surface area contributed by atoms with Crippen LogP contribution in [0, 0.1) is 0 Å². The van der Waals surface area contributed by atoms with Crippen molar-refractivity contribution in [2.75, 3.05) is 26.1 Å². The lowest BCUT2D eigenvalue weighted by molar-refractivity contribution is -0.139. The molecule has 1 aromatic heterocycles. The number of aliphatic carboxylic acids is 1. The van der Waals surface area contributed by atoms with Crippen molar-refractivity contribution in [2.45, 2.75) is 6.04 Å². The highest BCUT2D eigenvalue weighted by molar-refractivity contribution is 5.87. The molecule has 0 spiro atoms. The van der Waals surface area contributed by atoms with Crippen molar-refractivity contribution in [2.24, 2.45) is 0 Å². The van der Waals surface area contributed by atoms with Crippen molar-refractivity contribution >= 4 is 17.8 Å². The molecular weight excluding hydrogens is 242 g/mol. The number of hydrogen-bond acceptors (Lipinski definition) is 7. The summed E-state index contributed by atoms with van der Waals surface area (Å²) in [5, 5.41) is 11.5. The summed E-state index contributed by atoms with van der Waals surface area (Å²) in [6.45, 7) is -0.0422. The van der Waals surface area contributed by atoms with Gasteiger partial charge in [-0.15, -0.1) is 0 Å². The van der Waals surface area contributed by atoms with E-state index in [-0.39, 0.29) is 18.1 Å².